The zero-order valence-corrected chi connectivity index (χ0v) is 17.4. The van der Waals surface area contributed by atoms with E-state index in [9.17, 15) is 9.90 Å². The van der Waals surface area contributed by atoms with E-state index in [1.54, 1.807) is 30.3 Å². The molecule has 0 aliphatic heterocycles. The van der Waals surface area contributed by atoms with Crippen LogP contribution in [0.4, 0.5) is 0 Å². The third-order valence-electron chi connectivity index (χ3n) is 3.45. The average Bonchev–Trinajstić information content (AvgIpc) is 3.02. The van der Waals surface area contributed by atoms with Gasteiger partial charge in [0.1, 0.15) is 17.1 Å². The third kappa shape index (κ3) is 4.18. The maximum absolute atomic E-state index is 12.2. The molecule has 0 bridgehead atoms. The predicted molar refractivity (Wildman–Crippen MR) is 111 cm³/mol. The quantitative estimate of drug-likeness (QED) is 0.286. The minimum Gasteiger partial charge on any atom is -0.506 e. The molecule has 8 heteroatoms. The second kappa shape index (κ2) is 8.09. The Morgan fingerprint density at radius 1 is 1.38 bits per heavy atom. The van der Waals surface area contributed by atoms with Gasteiger partial charge in [-0.25, -0.2) is 5.43 Å². The van der Waals surface area contributed by atoms with Crippen LogP contribution >= 0.6 is 38.5 Å². The molecule has 0 spiro atoms. The Morgan fingerprint density at radius 2 is 2.19 bits per heavy atom. The number of nitrogens with zero attached hydrogens (tertiary/aromatic N) is 1. The van der Waals surface area contributed by atoms with Crippen molar-refractivity contribution in [2.24, 2.45) is 5.10 Å². The maximum Gasteiger partial charge on any atom is 0.307 e. The maximum atomic E-state index is 12.2. The highest BCUT2D eigenvalue weighted by Crippen LogP contribution is 2.27. The molecule has 0 saturated heterocycles. The lowest BCUT2D eigenvalue weighted by molar-refractivity contribution is 0.0929. The van der Waals surface area contributed by atoms with Crippen LogP contribution in [0.5, 0.6) is 11.5 Å². The number of hydrogen-bond donors (Lipinski definition) is 2. The van der Waals surface area contributed by atoms with Crippen LogP contribution in [0.15, 0.2) is 50.4 Å². The largest absolute Gasteiger partial charge is 0.506 e. The Kier molecular flexibility index (Phi) is 5.82. The Hall–Kier alpha value is -2.07. The normalized spacial score (nSPS) is 11.2. The van der Waals surface area contributed by atoms with E-state index in [0.717, 1.165) is 9.86 Å². The molecular weight excluding hydrogens is 515 g/mol. The smallest absolute Gasteiger partial charge is 0.307 e. The second-order valence-electron chi connectivity index (χ2n) is 5.27. The number of benzene rings is 2. The number of hydrogen-bond acceptors (Lipinski definition) is 5. The van der Waals surface area contributed by atoms with E-state index in [0.29, 0.717) is 27.1 Å². The summed E-state index contributed by atoms with van der Waals surface area (Å²) < 4.78 is 12.4. The summed E-state index contributed by atoms with van der Waals surface area (Å²) in [4.78, 5) is 12.2. The van der Waals surface area contributed by atoms with Crippen molar-refractivity contribution < 1.29 is 19.1 Å². The van der Waals surface area contributed by atoms with Gasteiger partial charge >= 0.3 is 5.91 Å². The Bertz CT molecular complexity index is 1000. The molecule has 1 heterocycles. The highest BCUT2D eigenvalue weighted by atomic mass is 127. The van der Waals surface area contributed by atoms with Crippen LogP contribution in [0.1, 0.15) is 23.0 Å². The second-order valence-corrected chi connectivity index (χ2v) is 7.35. The van der Waals surface area contributed by atoms with Gasteiger partial charge in [-0.1, -0.05) is 15.9 Å². The zero-order valence-electron chi connectivity index (χ0n) is 13.6. The summed E-state index contributed by atoms with van der Waals surface area (Å²) in [6.45, 7) is 2.47. The first-order valence-electron chi connectivity index (χ1n) is 7.65. The molecule has 2 aromatic carbocycles. The van der Waals surface area contributed by atoms with Crippen molar-refractivity contribution in [3.63, 3.8) is 0 Å². The molecule has 1 aromatic heterocycles. The minimum atomic E-state index is -0.486. The summed E-state index contributed by atoms with van der Waals surface area (Å²) >= 11 is 5.36. The minimum absolute atomic E-state index is 0.0963. The number of carbonyl (C=O) groups is 1. The van der Waals surface area contributed by atoms with Crippen LogP contribution in [0.3, 0.4) is 0 Å². The van der Waals surface area contributed by atoms with Gasteiger partial charge in [-0.15, -0.1) is 0 Å². The van der Waals surface area contributed by atoms with Gasteiger partial charge in [-0.2, -0.15) is 5.10 Å². The van der Waals surface area contributed by atoms with Crippen molar-refractivity contribution in [1.29, 1.82) is 0 Å². The van der Waals surface area contributed by atoms with E-state index in [-0.39, 0.29) is 11.5 Å². The summed E-state index contributed by atoms with van der Waals surface area (Å²) in [5.74, 6) is 0.461. The monoisotopic (exact) mass is 528 g/mol. The van der Waals surface area contributed by atoms with Gasteiger partial charge in [0.25, 0.3) is 0 Å². The molecule has 0 atom stereocenters. The third-order valence-corrected chi connectivity index (χ3v) is 4.73. The number of phenols is 1. The van der Waals surface area contributed by atoms with Crippen molar-refractivity contribution in [2.75, 3.05) is 6.61 Å². The number of fused-ring (bicyclic) bond motifs is 1. The van der Waals surface area contributed by atoms with Crippen LogP contribution in [0.25, 0.3) is 11.0 Å². The van der Waals surface area contributed by atoms with Gasteiger partial charge in [-0.3, -0.25) is 4.79 Å². The van der Waals surface area contributed by atoms with Crippen LogP contribution in [0, 0.1) is 3.57 Å². The standard InChI is InChI=1S/C18H14BrIN2O4/c1-2-25-13-3-4-15-10(6-13)7-16(26-15)18(24)22-21-9-11-5-12(19)8-14(20)17(11)23/h3-9,23H,2H2,1H3,(H,22,24)/b21-9-. The van der Waals surface area contributed by atoms with Crippen molar-refractivity contribution in [2.45, 2.75) is 6.92 Å². The first kappa shape index (κ1) is 18.7. The van der Waals surface area contributed by atoms with Gasteiger partial charge in [0.15, 0.2) is 5.76 Å². The van der Waals surface area contributed by atoms with E-state index in [1.807, 2.05) is 35.6 Å². The molecule has 2 N–H and O–H groups in total. The zero-order chi connectivity index (χ0) is 18.7. The molecule has 3 aromatic rings. The molecule has 0 saturated carbocycles. The van der Waals surface area contributed by atoms with Crippen molar-refractivity contribution in [3.05, 3.63) is 55.8 Å². The molecule has 0 radical (unpaired) electrons. The number of phenolic OH excluding ortho intramolecular Hbond substituents is 1. The van der Waals surface area contributed by atoms with Gasteiger partial charge < -0.3 is 14.3 Å². The van der Waals surface area contributed by atoms with E-state index in [2.05, 4.69) is 26.5 Å². The molecule has 0 fully saturated rings. The molecule has 3 rings (SSSR count). The molecule has 0 aliphatic carbocycles. The topological polar surface area (TPSA) is 84.1 Å². The number of aromatic hydroxyl groups is 1. The number of carbonyl (C=O) groups excluding carboxylic acids is 1. The average molecular weight is 529 g/mol. The number of ether oxygens (including phenoxy) is 1. The number of halogens is 2. The van der Waals surface area contributed by atoms with Gasteiger partial charge in [0, 0.05) is 15.4 Å². The highest BCUT2D eigenvalue weighted by molar-refractivity contribution is 14.1. The van der Waals surface area contributed by atoms with Crippen LogP contribution in [0.2, 0.25) is 0 Å². The number of nitrogens with one attached hydrogen (secondary N) is 1. The number of amides is 1. The fourth-order valence-corrected chi connectivity index (χ4v) is 3.84. The number of furan rings is 1. The molecule has 6 nitrogen and oxygen atoms in total. The predicted octanol–water partition coefficient (Wildman–Crippen LogP) is 4.67. The van der Waals surface area contributed by atoms with E-state index >= 15 is 0 Å². The van der Waals surface area contributed by atoms with Gasteiger partial charge in [0.05, 0.1) is 16.4 Å². The SMILES string of the molecule is CCOc1ccc2oc(C(=O)N/N=C\c3cc(Br)cc(I)c3O)cc2c1. The van der Waals surface area contributed by atoms with Crippen molar-refractivity contribution >= 4 is 61.6 Å². The fourth-order valence-electron chi connectivity index (χ4n) is 2.29. The Morgan fingerprint density at radius 3 is 2.96 bits per heavy atom. The lowest BCUT2D eigenvalue weighted by Gasteiger charge is -2.02. The van der Waals surface area contributed by atoms with E-state index < -0.39 is 5.91 Å². The molecule has 0 aliphatic rings. The summed E-state index contributed by atoms with van der Waals surface area (Å²) in [6, 6.07) is 10.4. The number of rotatable bonds is 5. The van der Waals surface area contributed by atoms with E-state index in [4.69, 9.17) is 9.15 Å². The summed E-state index contributed by atoms with van der Waals surface area (Å²) in [5, 5.41) is 14.7. The van der Waals surface area contributed by atoms with E-state index in [1.165, 1.54) is 6.21 Å². The van der Waals surface area contributed by atoms with Gasteiger partial charge in [-0.05, 0) is 65.9 Å². The van der Waals surface area contributed by atoms with Crippen molar-refractivity contribution in [1.82, 2.24) is 5.43 Å². The lowest BCUT2D eigenvalue weighted by Crippen LogP contribution is -2.16. The van der Waals surface area contributed by atoms with Gasteiger partial charge in [0.2, 0.25) is 0 Å². The fraction of sp³-hybridized carbons (Fsp3) is 0.111. The molecular formula is C18H14BrIN2O4. The van der Waals surface area contributed by atoms with Crippen LogP contribution in [-0.2, 0) is 0 Å². The Balaban J connectivity index is 1.75. The van der Waals surface area contributed by atoms with Crippen LogP contribution in [-0.4, -0.2) is 23.8 Å². The molecule has 0 unspecified atom stereocenters. The molecule has 134 valence electrons. The molecule has 26 heavy (non-hydrogen) atoms. The van der Waals surface area contributed by atoms with Crippen molar-refractivity contribution in [3.8, 4) is 11.5 Å². The first-order valence-corrected chi connectivity index (χ1v) is 9.53. The number of hydrazone groups is 1. The summed E-state index contributed by atoms with van der Waals surface area (Å²) in [7, 11) is 0. The highest BCUT2D eigenvalue weighted by Gasteiger charge is 2.12. The molecule has 1 amide bonds. The van der Waals surface area contributed by atoms with Crippen LogP contribution < -0.4 is 10.2 Å². The Labute approximate surface area is 171 Å². The lowest BCUT2D eigenvalue weighted by atomic mass is 10.2. The first-order chi connectivity index (χ1) is 12.5. The summed E-state index contributed by atoms with van der Waals surface area (Å²) in [6.07, 6.45) is 1.37. The summed E-state index contributed by atoms with van der Waals surface area (Å²) in [5.41, 5.74) is 3.46.